The van der Waals surface area contributed by atoms with E-state index in [1.54, 1.807) is 0 Å². The van der Waals surface area contributed by atoms with Crippen molar-refractivity contribution in [1.82, 2.24) is 0 Å². The van der Waals surface area contributed by atoms with E-state index < -0.39 is 11.2 Å². The second kappa shape index (κ2) is 18.7. The molecule has 0 spiro atoms. The first-order valence-electron chi connectivity index (χ1n) is 16.4. The molecule has 4 heteroatoms. The van der Waals surface area contributed by atoms with Crippen molar-refractivity contribution in [1.29, 1.82) is 0 Å². The fraction of sp³-hybridized carbons (Fsp3) is 0.750. The number of allylic oxidation sites excluding steroid dienone is 4. The van der Waals surface area contributed by atoms with Gasteiger partial charge in [0.2, 0.25) is 0 Å². The molecule has 1 saturated heterocycles. The van der Waals surface area contributed by atoms with Gasteiger partial charge in [-0.15, -0.1) is 0 Å². The maximum absolute atomic E-state index is 12.7. The van der Waals surface area contributed by atoms with Gasteiger partial charge in [-0.3, -0.25) is 4.79 Å². The van der Waals surface area contributed by atoms with Gasteiger partial charge < -0.3 is 14.6 Å². The molecule has 0 bridgehead atoms. The minimum atomic E-state index is -0.863. The number of fused-ring (bicyclic) bond motifs is 1. The Morgan fingerprint density at radius 2 is 1.65 bits per heavy atom. The number of rotatable bonds is 18. The molecule has 1 aliphatic heterocycles. The zero-order valence-corrected chi connectivity index (χ0v) is 26.4. The molecular formula is C36H60O4. The van der Waals surface area contributed by atoms with Crippen LogP contribution in [0.1, 0.15) is 137 Å². The van der Waals surface area contributed by atoms with E-state index in [-0.39, 0.29) is 24.4 Å². The maximum atomic E-state index is 12.7. The number of ether oxygens (including phenoxy) is 2. The van der Waals surface area contributed by atoms with E-state index in [4.69, 9.17) is 9.47 Å². The van der Waals surface area contributed by atoms with Crippen LogP contribution in [0.4, 0.5) is 0 Å². The maximum Gasteiger partial charge on any atom is 0.305 e. The lowest BCUT2D eigenvalue weighted by molar-refractivity contribution is -0.151. The second-order valence-corrected chi connectivity index (χ2v) is 12.9. The molecule has 1 aliphatic carbocycles. The summed E-state index contributed by atoms with van der Waals surface area (Å²) in [4.78, 5) is 12.7. The molecule has 40 heavy (non-hydrogen) atoms. The van der Waals surface area contributed by atoms with Crippen molar-refractivity contribution in [3.05, 3.63) is 48.1 Å². The van der Waals surface area contributed by atoms with Gasteiger partial charge in [-0.05, 0) is 52.5 Å². The fourth-order valence-electron chi connectivity index (χ4n) is 6.13. The van der Waals surface area contributed by atoms with E-state index in [2.05, 4.69) is 39.5 Å². The van der Waals surface area contributed by atoms with Gasteiger partial charge in [0, 0.05) is 18.3 Å². The highest BCUT2D eigenvalue weighted by atomic mass is 16.6. The molecule has 4 nitrogen and oxygen atoms in total. The Labute approximate surface area is 246 Å². The first-order chi connectivity index (χ1) is 19.2. The molecular weight excluding hydrogens is 496 g/mol. The van der Waals surface area contributed by atoms with Crippen molar-refractivity contribution < 1.29 is 19.4 Å². The van der Waals surface area contributed by atoms with Crippen molar-refractivity contribution in [2.75, 3.05) is 13.2 Å². The van der Waals surface area contributed by atoms with Gasteiger partial charge in [-0.1, -0.05) is 126 Å². The molecule has 1 fully saturated rings. The van der Waals surface area contributed by atoms with Crippen LogP contribution in [0.25, 0.3) is 0 Å². The molecule has 0 aromatic heterocycles. The summed E-state index contributed by atoms with van der Waals surface area (Å²) >= 11 is 0. The van der Waals surface area contributed by atoms with Gasteiger partial charge in [0.05, 0.1) is 12.2 Å². The van der Waals surface area contributed by atoms with Crippen LogP contribution in [-0.2, 0) is 14.3 Å². The largest absolute Gasteiger partial charge is 0.462 e. The normalized spacial score (nSPS) is 27.6. The van der Waals surface area contributed by atoms with Gasteiger partial charge in [-0.2, -0.15) is 0 Å². The summed E-state index contributed by atoms with van der Waals surface area (Å²) in [5.74, 6) is 0.132. The number of esters is 1. The summed E-state index contributed by atoms with van der Waals surface area (Å²) in [6.45, 7) is 13.4. The number of aliphatic hydroxyl groups is 1. The number of carbonyl (C=O) groups excluding carboxylic acids is 1. The van der Waals surface area contributed by atoms with Crippen LogP contribution in [-0.4, -0.2) is 35.5 Å². The Balaban J connectivity index is 1.79. The van der Waals surface area contributed by atoms with E-state index in [9.17, 15) is 9.90 Å². The summed E-state index contributed by atoms with van der Waals surface area (Å²) in [5, 5.41) is 10.8. The quantitative estimate of drug-likeness (QED) is 0.0790. The molecule has 0 radical (unpaired) electrons. The standard InChI is InChI=1S/C36H60O4/c1-6-7-8-9-10-11-12-13-14-15-16-17-18-23-34(37)39-29-36(26-19-21-30(2)3)33-24-27-35(5,38)25-20-22-31(4)32(33)28-40-36/h19-21,25-26,32-33,38H,4,6-18,22-24,27-29H2,1-3,5H3/b25-20-,26-19+/t32-,33-,35+,36-/m0/s1. The van der Waals surface area contributed by atoms with Crippen LogP contribution in [0, 0.1) is 11.8 Å². The van der Waals surface area contributed by atoms with Crippen molar-refractivity contribution >= 4 is 5.97 Å². The zero-order chi connectivity index (χ0) is 29.3. The highest BCUT2D eigenvalue weighted by Gasteiger charge is 2.50. The Bertz CT molecular complexity index is 832. The van der Waals surface area contributed by atoms with Gasteiger partial charge in [0.1, 0.15) is 12.2 Å². The minimum absolute atomic E-state index is 0.0947. The molecule has 0 aromatic carbocycles. The van der Waals surface area contributed by atoms with Crippen molar-refractivity contribution in [2.24, 2.45) is 11.8 Å². The summed E-state index contributed by atoms with van der Waals surface area (Å²) in [6, 6.07) is 0. The van der Waals surface area contributed by atoms with Crippen molar-refractivity contribution in [3.63, 3.8) is 0 Å². The van der Waals surface area contributed by atoms with Crippen LogP contribution < -0.4 is 0 Å². The first-order valence-corrected chi connectivity index (χ1v) is 16.4. The predicted molar refractivity (Wildman–Crippen MR) is 168 cm³/mol. The number of hydrogen-bond acceptors (Lipinski definition) is 4. The molecule has 4 atom stereocenters. The van der Waals surface area contributed by atoms with E-state index in [0.29, 0.717) is 19.4 Å². The van der Waals surface area contributed by atoms with Gasteiger partial charge in [0.15, 0.2) is 0 Å². The molecule has 1 N–H and O–H groups in total. The SMILES string of the molecule is C=C1C/C=C\[C@@](C)(O)CC[C@H]2[C@H]1CO[C@@]2(/C=C/C=C(C)C)COC(=O)CCCCCCCCCCCCCCC. The summed E-state index contributed by atoms with van der Waals surface area (Å²) in [5.41, 5.74) is 0.755. The molecule has 2 rings (SSSR count). The highest BCUT2D eigenvalue weighted by Crippen LogP contribution is 2.46. The predicted octanol–water partition coefficient (Wildman–Crippen LogP) is 9.58. The Morgan fingerprint density at radius 1 is 1.05 bits per heavy atom. The van der Waals surface area contributed by atoms with Crippen LogP contribution in [0.3, 0.4) is 0 Å². The smallest absolute Gasteiger partial charge is 0.305 e. The average Bonchev–Trinajstić information content (AvgIpc) is 3.28. The zero-order valence-electron chi connectivity index (χ0n) is 26.4. The van der Waals surface area contributed by atoms with E-state index in [1.165, 1.54) is 76.2 Å². The fourth-order valence-corrected chi connectivity index (χ4v) is 6.13. The van der Waals surface area contributed by atoms with Crippen molar-refractivity contribution in [2.45, 2.75) is 148 Å². The van der Waals surface area contributed by atoms with Crippen LogP contribution in [0.2, 0.25) is 0 Å². The van der Waals surface area contributed by atoms with Crippen LogP contribution in [0.5, 0.6) is 0 Å². The molecule has 0 saturated carbocycles. The van der Waals surface area contributed by atoms with E-state index in [0.717, 1.165) is 31.3 Å². The van der Waals surface area contributed by atoms with Gasteiger partial charge in [-0.25, -0.2) is 0 Å². The van der Waals surface area contributed by atoms with Crippen LogP contribution in [0.15, 0.2) is 48.1 Å². The highest BCUT2D eigenvalue weighted by molar-refractivity contribution is 5.69. The average molecular weight is 557 g/mol. The third-order valence-electron chi connectivity index (χ3n) is 8.74. The summed E-state index contributed by atoms with van der Waals surface area (Å²) in [7, 11) is 0. The lowest BCUT2D eigenvalue weighted by Gasteiger charge is -2.34. The molecule has 228 valence electrons. The van der Waals surface area contributed by atoms with Crippen molar-refractivity contribution in [3.8, 4) is 0 Å². The monoisotopic (exact) mass is 556 g/mol. The lowest BCUT2D eigenvalue weighted by Crippen LogP contribution is -2.41. The Hall–Kier alpha value is -1.65. The Kier molecular flexibility index (Phi) is 16.2. The summed E-state index contributed by atoms with van der Waals surface area (Å²) < 4.78 is 12.4. The first kappa shape index (κ1) is 34.6. The van der Waals surface area contributed by atoms with Gasteiger partial charge >= 0.3 is 5.97 Å². The molecule has 0 aromatic rings. The Morgan fingerprint density at radius 3 is 2.25 bits per heavy atom. The molecule has 1 heterocycles. The van der Waals surface area contributed by atoms with Crippen LogP contribution >= 0.6 is 0 Å². The number of carbonyl (C=O) groups is 1. The second-order valence-electron chi connectivity index (χ2n) is 12.9. The van der Waals surface area contributed by atoms with E-state index in [1.807, 2.05) is 25.2 Å². The topological polar surface area (TPSA) is 55.8 Å². The lowest BCUT2D eigenvalue weighted by atomic mass is 9.74. The third kappa shape index (κ3) is 12.9. The minimum Gasteiger partial charge on any atom is -0.462 e. The van der Waals surface area contributed by atoms with Gasteiger partial charge in [0.25, 0.3) is 0 Å². The third-order valence-corrected chi connectivity index (χ3v) is 8.74. The molecule has 0 unspecified atom stereocenters. The number of unbranched alkanes of at least 4 members (excludes halogenated alkanes) is 12. The number of hydrogen-bond donors (Lipinski definition) is 1. The van der Waals surface area contributed by atoms with E-state index >= 15 is 0 Å². The summed E-state index contributed by atoms with van der Waals surface area (Å²) in [6.07, 6.45) is 29.4. The molecule has 0 amide bonds. The molecule has 2 aliphatic rings.